The first-order valence-corrected chi connectivity index (χ1v) is 12.1. The molecule has 5 rings (SSSR count). The van der Waals surface area contributed by atoms with Gasteiger partial charge >= 0.3 is 5.97 Å². The number of cyclic esters (lactones) is 1. The number of carbonyl (C=O) groups excluding carboxylic acids is 1. The summed E-state index contributed by atoms with van der Waals surface area (Å²) in [6.07, 6.45) is 6.55. The predicted octanol–water partition coefficient (Wildman–Crippen LogP) is 5.00. The van der Waals surface area contributed by atoms with Gasteiger partial charge in [-0.05, 0) is 31.1 Å². The molecule has 1 saturated heterocycles. The number of aromatic nitrogens is 2. The Hall–Kier alpha value is -3.90. The van der Waals surface area contributed by atoms with Crippen LogP contribution in [-0.2, 0) is 16.1 Å². The number of nitrogens with zero attached hydrogens (tertiary/aromatic N) is 3. The molecule has 37 heavy (non-hydrogen) atoms. The van der Waals surface area contributed by atoms with E-state index in [9.17, 15) is 10.1 Å². The Balaban J connectivity index is 1.44. The molecule has 2 fully saturated rings. The lowest BCUT2D eigenvalue weighted by Gasteiger charge is -2.48. The van der Waals surface area contributed by atoms with Crippen molar-refractivity contribution in [2.75, 3.05) is 0 Å². The largest absolute Gasteiger partial charge is 0.461 e. The van der Waals surface area contributed by atoms with Gasteiger partial charge in [-0.2, -0.15) is 5.26 Å². The number of hydrogen-bond donors (Lipinski definition) is 1. The summed E-state index contributed by atoms with van der Waals surface area (Å²) in [5, 5.41) is 12.4. The number of rotatable bonds is 6. The molecule has 1 aromatic carbocycles. The van der Waals surface area contributed by atoms with Gasteiger partial charge in [0.05, 0.1) is 23.0 Å². The van der Waals surface area contributed by atoms with E-state index in [-0.39, 0.29) is 6.54 Å². The Morgan fingerprint density at radius 3 is 2.73 bits per heavy atom. The number of oxazole rings is 1. The summed E-state index contributed by atoms with van der Waals surface area (Å²) < 4.78 is 41.3. The number of halogens is 2. The third kappa shape index (κ3) is 4.42. The standard InChI is InChI=1S/C28H26F2N4O3/c1-17-23(10-9-21-8-7-20(12-32-21)24-6-4-3-5-19(24)11-31)25-18(2)37-26(35)27(25,15-28(17,29)30)34-13-22-14-36-16-33-22/h3-10,12,14,16-18,23,25,34H,13,15H2,1-2H3/b10-9+/t17?,18-,23+,25?,27+/m1/s1. The van der Waals surface area contributed by atoms with E-state index < -0.39 is 47.7 Å². The SMILES string of the molecule is CC1[C@H](/C=C/c2ccc(-c3ccccc3C#N)cn2)C2[C@@H](C)OC(=O)[C@]2(NCc2cocn2)CC1(F)F. The molecule has 1 aliphatic heterocycles. The van der Waals surface area contributed by atoms with E-state index in [1.165, 1.54) is 19.6 Å². The first-order chi connectivity index (χ1) is 17.7. The summed E-state index contributed by atoms with van der Waals surface area (Å²) in [6, 6.07) is 13.0. The van der Waals surface area contributed by atoms with Gasteiger partial charge in [0, 0.05) is 42.1 Å². The van der Waals surface area contributed by atoms with Crippen LogP contribution in [-0.4, -0.2) is 33.5 Å². The lowest BCUT2D eigenvalue weighted by molar-refractivity contribution is -0.160. The number of pyridine rings is 1. The van der Waals surface area contributed by atoms with Crippen molar-refractivity contribution in [2.45, 2.75) is 44.4 Å². The van der Waals surface area contributed by atoms with Gasteiger partial charge in [-0.3, -0.25) is 15.1 Å². The molecular formula is C28H26F2N4O3. The highest BCUT2D eigenvalue weighted by molar-refractivity contribution is 5.84. The van der Waals surface area contributed by atoms with Crippen LogP contribution in [0.4, 0.5) is 8.78 Å². The maximum Gasteiger partial charge on any atom is 0.327 e. The summed E-state index contributed by atoms with van der Waals surface area (Å²) in [6.45, 7) is 3.36. The molecule has 9 heteroatoms. The van der Waals surface area contributed by atoms with Gasteiger partial charge in [0.2, 0.25) is 0 Å². The quantitative estimate of drug-likeness (QED) is 0.471. The molecule has 1 saturated carbocycles. The van der Waals surface area contributed by atoms with Crippen LogP contribution < -0.4 is 5.32 Å². The summed E-state index contributed by atoms with van der Waals surface area (Å²) in [5.41, 5.74) is 1.63. The summed E-state index contributed by atoms with van der Waals surface area (Å²) in [5.74, 6) is -5.97. The number of esters is 1. The maximum absolute atomic E-state index is 15.4. The number of nitrogens with one attached hydrogen (secondary N) is 1. The van der Waals surface area contributed by atoms with Crippen molar-refractivity contribution in [2.24, 2.45) is 17.8 Å². The van der Waals surface area contributed by atoms with Crippen molar-refractivity contribution in [1.82, 2.24) is 15.3 Å². The fourth-order valence-electron chi connectivity index (χ4n) is 5.66. The van der Waals surface area contributed by atoms with Crippen LogP contribution in [0.5, 0.6) is 0 Å². The molecule has 0 amide bonds. The number of ether oxygens (including phenoxy) is 1. The summed E-state index contributed by atoms with van der Waals surface area (Å²) >= 11 is 0. The smallest absolute Gasteiger partial charge is 0.327 e. The first-order valence-electron chi connectivity index (χ1n) is 12.1. The Morgan fingerprint density at radius 2 is 2.03 bits per heavy atom. The number of allylic oxidation sites excluding steroid dienone is 1. The van der Waals surface area contributed by atoms with Gasteiger partial charge in [-0.25, -0.2) is 13.8 Å². The third-order valence-corrected chi connectivity index (χ3v) is 7.61. The molecule has 3 aromatic rings. The van der Waals surface area contributed by atoms with Crippen LogP contribution in [0.25, 0.3) is 17.2 Å². The van der Waals surface area contributed by atoms with Gasteiger partial charge in [-0.1, -0.05) is 37.3 Å². The van der Waals surface area contributed by atoms with Crippen molar-refractivity contribution >= 4 is 12.0 Å². The van der Waals surface area contributed by atoms with Crippen LogP contribution in [0.3, 0.4) is 0 Å². The van der Waals surface area contributed by atoms with Crippen molar-refractivity contribution in [3.8, 4) is 17.2 Å². The van der Waals surface area contributed by atoms with E-state index >= 15 is 8.78 Å². The minimum atomic E-state index is -3.11. The van der Waals surface area contributed by atoms with E-state index in [4.69, 9.17) is 9.15 Å². The van der Waals surface area contributed by atoms with Crippen LogP contribution in [0.2, 0.25) is 0 Å². The number of carbonyl (C=O) groups is 1. The van der Waals surface area contributed by atoms with E-state index in [0.29, 0.717) is 17.0 Å². The summed E-state index contributed by atoms with van der Waals surface area (Å²) in [7, 11) is 0. The average Bonchev–Trinajstić information content (AvgIpc) is 3.49. The van der Waals surface area contributed by atoms with Crippen molar-refractivity contribution < 1.29 is 22.7 Å². The molecule has 0 bridgehead atoms. The number of alkyl halides is 2. The fourth-order valence-corrected chi connectivity index (χ4v) is 5.66. The Morgan fingerprint density at radius 1 is 1.22 bits per heavy atom. The number of benzene rings is 1. The Bertz CT molecular complexity index is 1350. The summed E-state index contributed by atoms with van der Waals surface area (Å²) in [4.78, 5) is 21.5. The number of nitriles is 1. The van der Waals surface area contributed by atoms with Crippen LogP contribution in [0.1, 0.15) is 37.2 Å². The highest BCUT2D eigenvalue weighted by atomic mass is 19.3. The van der Waals surface area contributed by atoms with Crippen LogP contribution in [0, 0.1) is 29.1 Å². The normalized spacial score (nSPS) is 28.6. The van der Waals surface area contributed by atoms with Gasteiger partial charge < -0.3 is 9.15 Å². The minimum absolute atomic E-state index is 0.100. The van der Waals surface area contributed by atoms with Gasteiger partial charge in [0.25, 0.3) is 5.92 Å². The molecule has 0 spiro atoms. The molecule has 3 heterocycles. The molecule has 2 unspecified atom stereocenters. The van der Waals surface area contributed by atoms with Gasteiger partial charge in [-0.15, -0.1) is 0 Å². The van der Waals surface area contributed by atoms with Crippen molar-refractivity contribution in [1.29, 1.82) is 5.26 Å². The molecule has 0 radical (unpaired) electrons. The lowest BCUT2D eigenvalue weighted by Crippen LogP contribution is -2.64. The molecule has 1 N–H and O–H groups in total. The van der Waals surface area contributed by atoms with Crippen LogP contribution >= 0.6 is 0 Å². The zero-order valence-electron chi connectivity index (χ0n) is 20.4. The minimum Gasteiger partial charge on any atom is -0.461 e. The predicted molar refractivity (Wildman–Crippen MR) is 131 cm³/mol. The Labute approximate surface area is 213 Å². The molecular weight excluding hydrogens is 478 g/mol. The number of fused-ring (bicyclic) bond motifs is 1. The third-order valence-electron chi connectivity index (χ3n) is 7.61. The zero-order valence-corrected chi connectivity index (χ0v) is 20.4. The fraction of sp³-hybridized carbons (Fsp3) is 0.357. The van der Waals surface area contributed by atoms with E-state index in [0.717, 1.165) is 11.1 Å². The second-order valence-electron chi connectivity index (χ2n) is 9.73. The van der Waals surface area contributed by atoms with E-state index in [1.807, 2.05) is 18.2 Å². The average molecular weight is 505 g/mol. The zero-order chi connectivity index (χ0) is 26.2. The molecule has 190 valence electrons. The first kappa shape index (κ1) is 24.8. The maximum atomic E-state index is 15.4. The molecule has 5 atom stereocenters. The van der Waals surface area contributed by atoms with Gasteiger partial charge in [0.15, 0.2) is 6.39 Å². The van der Waals surface area contributed by atoms with Crippen LogP contribution in [0.15, 0.2) is 65.7 Å². The highest BCUT2D eigenvalue weighted by Crippen LogP contribution is 2.55. The van der Waals surface area contributed by atoms with Crippen molar-refractivity contribution in [3.63, 3.8) is 0 Å². The van der Waals surface area contributed by atoms with Crippen molar-refractivity contribution in [3.05, 3.63) is 78.3 Å². The van der Waals surface area contributed by atoms with Gasteiger partial charge in [0.1, 0.15) is 17.9 Å². The van der Waals surface area contributed by atoms with E-state index in [2.05, 4.69) is 21.4 Å². The molecule has 7 nitrogen and oxygen atoms in total. The topological polar surface area (TPSA) is 101 Å². The lowest BCUT2D eigenvalue weighted by atomic mass is 9.60. The monoisotopic (exact) mass is 504 g/mol. The molecule has 2 aromatic heterocycles. The second kappa shape index (κ2) is 9.52. The number of hydrogen-bond acceptors (Lipinski definition) is 7. The van der Waals surface area contributed by atoms with E-state index in [1.54, 1.807) is 43.5 Å². The second-order valence-corrected chi connectivity index (χ2v) is 9.73. The highest BCUT2D eigenvalue weighted by Gasteiger charge is 2.67. The molecule has 2 aliphatic rings. The Kier molecular flexibility index (Phi) is 6.38. The molecule has 1 aliphatic carbocycles.